The Kier molecular flexibility index (Phi) is 5.71. The number of carboxylic acids is 1. The van der Waals surface area contributed by atoms with Crippen LogP contribution in [-0.4, -0.2) is 29.1 Å². The van der Waals surface area contributed by atoms with Crippen molar-refractivity contribution >= 4 is 23.6 Å². The molecule has 0 spiro atoms. The Morgan fingerprint density at radius 1 is 1.24 bits per heavy atom. The first-order valence-corrected chi connectivity index (χ1v) is 6.45. The number of benzene rings is 1. The highest BCUT2D eigenvalue weighted by Gasteiger charge is 2.20. The third kappa shape index (κ3) is 5.52. The van der Waals surface area contributed by atoms with Gasteiger partial charge in [0.25, 0.3) is 0 Å². The SMILES string of the molecule is Cc1ccc(NC(=O)N[C@@H](CCC(N)=O)C(=O)O)cc1C. The molecule has 5 N–H and O–H groups in total. The molecule has 1 aromatic rings. The summed E-state index contributed by atoms with van der Waals surface area (Å²) in [5.41, 5.74) is 7.63. The van der Waals surface area contributed by atoms with Gasteiger partial charge in [-0.2, -0.15) is 0 Å². The molecule has 0 aliphatic carbocycles. The van der Waals surface area contributed by atoms with Crippen LogP contribution in [0.25, 0.3) is 0 Å². The number of nitrogens with two attached hydrogens (primary N) is 1. The van der Waals surface area contributed by atoms with Crippen LogP contribution in [0.4, 0.5) is 10.5 Å². The van der Waals surface area contributed by atoms with E-state index < -0.39 is 23.9 Å². The quantitative estimate of drug-likeness (QED) is 0.628. The number of aryl methyl sites for hydroxylation is 2. The van der Waals surface area contributed by atoms with Gasteiger partial charge in [0.1, 0.15) is 6.04 Å². The van der Waals surface area contributed by atoms with Crippen LogP contribution in [0, 0.1) is 13.8 Å². The number of carboxylic acid groups (broad SMARTS) is 1. The Labute approximate surface area is 122 Å². The van der Waals surface area contributed by atoms with Gasteiger partial charge >= 0.3 is 12.0 Å². The van der Waals surface area contributed by atoms with E-state index in [4.69, 9.17) is 10.8 Å². The zero-order valence-electron chi connectivity index (χ0n) is 12.0. The number of rotatable bonds is 6. The highest BCUT2D eigenvalue weighted by Crippen LogP contribution is 2.14. The molecule has 21 heavy (non-hydrogen) atoms. The maximum Gasteiger partial charge on any atom is 0.326 e. The summed E-state index contributed by atoms with van der Waals surface area (Å²) in [5.74, 6) is -1.83. The number of anilines is 1. The zero-order valence-corrected chi connectivity index (χ0v) is 12.0. The summed E-state index contributed by atoms with van der Waals surface area (Å²) in [6, 6.07) is 3.56. The van der Waals surface area contributed by atoms with Crippen LogP contribution in [0.1, 0.15) is 24.0 Å². The van der Waals surface area contributed by atoms with Crippen molar-refractivity contribution in [1.29, 1.82) is 0 Å². The van der Waals surface area contributed by atoms with Crippen LogP contribution >= 0.6 is 0 Å². The van der Waals surface area contributed by atoms with E-state index in [0.717, 1.165) is 11.1 Å². The van der Waals surface area contributed by atoms with Crippen molar-refractivity contribution < 1.29 is 19.5 Å². The highest BCUT2D eigenvalue weighted by molar-refractivity contribution is 5.92. The summed E-state index contributed by atoms with van der Waals surface area (Å²) in [7, 11) is 0. The van der Waals surface area contributed by atoms with Crippen molar-refractivity contribution in [2.45, 2.75) is 32.7 Å². The van der Waals surface area contributed by atoms with Gasteiger partial charge in [0.05, 0.1) is 0 Å². The summed E-state index contributed by atoms with van der Waals surface area (Å²) in [5, 5.41) is 13.8. The van der Waals surface area contributed by atoms with Crippen molar-refractivity contribution in [3.05, 3.63) is 29.3 Å². The van der Waals surface area contributed by atoms with E-state index >= 15 is 0 Å². The molecule has 0 heterocycles. The van der Waals surface area contributed by atoms with Crippen LogP contribution in [-0.2, 0) is 9.59 Å². The normalized spacial score (nSPS) is 11.5. The molecule has 1 atom stereocenters. The second kappa shape index (κ2) is 7.28. The number of amides is 3. The minimum absolute atomic E-state index is 0.0506. The summed E-state index contributed by atoms with van der Waals surface area (Å²) >= 11 is 0. The van der Waals surface area contributed by atoms with Crippen molar-refractivity contribution in [1.82, 2.24) is 5.32 Å². The lowest BCUT2D eigenvalue weighted by Gasteiger charge is -2.15. The summed E-state index contributed by atoms with van der Waals surface area (Å²) in [4.78, 5) is 33.4. The third-order valence-corrected chi connectivity index (χ3v) is 3.05. The highest BCUT2D eigenvalue weighted by atomic mass is 16.4. The first-order valence-electron chi connectivity index (χ1n) is 6.45. The Bertz CT molecular complexity index is 557. The van der Waals surface area contributed by atoms with Gasteiger partial charge in [-0.3, -0.25) is 4.79 Å². The van der Waals surface area contributed by atoms with E-state index in [0.29, 0.717) is 5.69 Å². The van der Waals surface area contributed by atoms with Gasteiger partial charge in [-0.05, 0) is 43.5 Å². The van der Waals surface area contributed by atoms with Gasteiger partial charge in [0, 0.05) is 12.1 Å². The second-order valence-electron chi connectivity index (χ2n) is 4.79. The van der Waals surface area contributed by atoms with Crippen molar-refractivity contribution in [3.8, 4) is 0 Å². The van der Waals surface area contributed by atoms with Crippen LogP contribution in [0.2, 0.25) is 0 Å². The molecule has 0 bridgehead atoms. The third-order valence-electron chi connectivity index (χ3n) is 3.05. The van der Waals surface area contributed by atoms with Gasteiger partial charge in [0.15, 0.2) is 0 Å². The standard InChI is InChI=1S/C14H19N3O4/c1-8-3-4-10(7-9(8)2)16-14(21)17-11(13(19)20)5-6-12(15)18/h3-4,7,11H,5-6H2,1-2H3,(H2,15,18)(H,19,20)(H2,16,17,21)/t11-/m0/s1. The fourth-order valence-corrected chi connectivity index (χ4v) is 1.69. The first kappa shape index (κ1) is 16.5. The van der Waals surface area contributed by atoms with E-state index in [1.807, 2.05) is 19.9 Å². The van der Waals surface area contributed by atoms with Gasteiger partial charge in [-0.25, -0.2) is 9.59 Å². The number of hydrogen-bond acceptors (Lipinski definition) is 3. The minimum Gasteiger partial charge on any atom is -0.480 e. The fraction of sp³-hybridized carbons (Fsp3) is 0.357. The van der Waals surface area contributed by atoms with Crippen LogP contribution < -0.4 is 16.4 Å². The molecule has 0 aromatic heterocycles. The topological polar surface area (TPSA) is 122 Å². The Morgan fingerprint density at radius 3 is 2.43 bits per heavy atom. The molecule has 114 valence electrons. The number of carbonyl (C=O) groups excluding carboxylic acids is 2. The molecule has 1 rings (SSSR count). The average Bonchev–Trinajstić information content (AvgIpc) is 2.38. The first-order chi connectivity index (χ1) is 9.79. The number of urea groups is 1. The number of nitrogens with one attached hydrogen (secondary N) is 2. The summed E-state index contributed by atoms with van der Waals surface area (Å²) < 4.78 is 0. The molecule has 0 aliphatic heterocycles. The summed E-state index contributed by atoms with van der Waals surface area (Å²) in [6.07, 6.45) is -0.161. The zero-order chi connectivity index (χ0) is 16.0. The predicted molar refractivity (Wildman–Crippen MR) is 77.9 cm³/mol. The lowest BCUT2D eigenvalue weighted by Crippen LogP contribution is -2.43. The smallest absolute Gasteiger partial charge is 0.326 e. The molecule has 0 fully saturated rings. The minimum atomic E-state index is -1.22. The second-order valence-corrected chi connectivity index (χ2v) is 4.79. The van der Waals surface area contributed by atoms with E-state index in [2.05, 4.69) is 10.6 Å². The Hall–Kier alpha value is -2.57. The molecular weight excluding hydrogens is 274 g/mol. The molecule has 0 aliphatic rings. The van der Waals surface area contributed by atoms with Crippen LogP contribution in [0.3, 0.4) is 0 Å². The maximum atomic E-state index is 11.8. The lowest BCUT2D eigenvalue weighted by atomic mass is 10.1. The van der Waals surface area contributed by atoms with Crippen LogP contribution in [0.15, 0.2) is 18.2 Å². The number of hydrogen-bond donors (Lipinski definition) is 4. The molecule has 1 aromatic carbocycles. The molecule has 0 saturated carbocycles. The monoisotopic (exact) mass is 293 g/mol. The molecule has 0 radical (unpaired) electrons. The van der Waals surface area contributed by atoms with E-state index in [1.54, 1.807) is 12.1 Å². The Morgan fingerprint density at radius 2 is 1.90 bits per heavy atom. The van der Waals surface area contributed by atoms with E-state index in [9.17, 15) is 14.4 Å². The van der Waals surface area contributed by atoms with Crippen molar-refractivity contribution in [3.63, 3.8) is 0 Å². The van der Waals surface area contributed by atoms with Gasteiger partial charge in [-0.15, -0.1) is 0 Å². The molecule has 7 nitrogen and oxygen atoms in total. The van der Waals surface area contributed by atoms with Crippen molar-refractivity contribution in [2.24, 2.45) is 5.73 Å². The van der Waals surface area contributed by atoms with Gasteiger partial charge in [-0.1, -0.05) is 6.07 Å². The molecular formula is C14H19N3O4. The van der Waals surface area contributed by atoms with Gasteiger partial charge < -0.3 is 21.5 Å². The Balaban J connectivity index is 2.62. The molecule has 0 saturated heterocycles. The number of primary amides is 1. The molecule has 3 amide bonds. The largest absolute Gasteiger partial charge is 0.480 e. The molecule has 7 heteroatoms. The fourth-order valence-electron chi connectivity index (χ4n) is 1.69. The maximum absolute atomic E-state index is 11.8. The number of aliphatic carboxylic acids is 1. The molecule has 0 unspecified atom stereocenters. The predicted octanol–water partition coefficient (Wildman–Crippen LogP) is 1.14. The van der Waals surface area contributed by atoms with Crippen LogP contribution in [0.5, 0.6) is 0 Å². The van der Waals surface area contributed by atoms with Crippen molar-refractivity contribution in [2.75, 3.05) is 5.32 Å². The summed E-state index contributed by atoms with van der Waals surface area (Å²) in [6.45, 7) is 3.86. The van der Waals surface area contributed by atoms with Gasteiger partial charge in [0.2, 0.25) is 5.91 Å². The average molecular weight is 293 g/mol. The van der Waals surface area contributed by atoms with E-state index in [1.165, 1.54) is 0 Å². The number of carbonyl (C=O) groups is 3. The van der Waals surface area contributed by atoms with E-state index in [-0.39, 0.29) is 12.8 Å². The lowest BCUT2D eigenvalue weighted by molar-refractivity contribution is -0.139.